The molecular weight excluding hydrogens is 372 g/mol. The molecule has 0 atom stereocenters. The van der Waals surface area contributed by atoms with Gasteiger partial charge in [0.15, 0.2) is 5.65 Å². The van der Waals surface area contributed by atoms with E-state index in [1.807, 2.05) is 6.92 Å². The number of ether oxygens (including phenoxy) is 1. The smallest absolute Gasteiger partial charge is 0.409 e. The van der Waals surface area contributed by atoms with Crippen LogP contribution in [0.5, 0.6) is 0 Å². The molecule has 2 aromatic rings. The summed E-state index contributed by atoms with van der Waals surface area (Å²) in [7, 11) is 0. The van der Waals surface area contributed by atoms with Gasteiger partial charge in [0.25, 0.3) is 0 Å². The number of fused-ring (bicyclic) bond motifs is 1. The van der Waals surface area contributed by atoms with Gasteiger partial charge in [-0.1, -0.05) is 0 Å². The van der Waals surface area contributed by atoms with Crippen molar-refractivity contribution in [3.8, 4) is 0 Å². The van der Waals surface area contributed by atoms with Crippen LogP contribution >= 0.6 is 0 Å². The zero-order chi connectivity index (χ0) is 20.8. The van der Waals surface area contributed by atoms with E-state index in [9.17, 15) is 4.79 Å². The molecule has 10 heteroatoms. The number of likely N-dealkylation sites (tertiary alicyclic amines) is 1. The van der Waals surface area contributed by atoms with Crippen molar-refractivity contribution in [2.24, 2.45) is 17.4 Å². The lowest BCUT2D eigenvalue weighted by Gasteiger charge is -2.31. The highest BCUT2D eigenvalue weighted by molar-refractivity contribution is 5.73. The van der Waals surface area contributed by atoms with Crippen molar-refractivity contribution >= 4 is 17.3 Å². The predicted molar refractivity (Wildman–Crippen MR) is 110 cm³/mol. The van der Waals surface area contributed by atoms with Crippen molar-refractivity contribution < 1.29 is 9.53 Å². The van der Waals surface area contributed by atoms with E-state index in [0.29, 0.717) is 37.6 Å². The van der Waals surface area contributed by atoms with Gasteiger partial charge in [-0.05, 0) is 45.4 Å². The molecule has 4 rings (SSSR count). The van der Waals surface area contributed by atoms with Crippen molar-refractivity contribution in [3.63, 3.8) is 0 Å². The van der Waals surface area contributed by atoms with E-state index < -0.39 is 0 Å². The summed E-state index contributed by atoms with van der Waals surface area (Å²) in [6, 6.07) is 0.307. The first kappa shape index (κ1) is 21.4. The number of H-pyrrole nitrogens is 1. The summed E-state index contributed by atoms with van der Waals surface area (Å²) in [5.74, 6) is 9.57. The third-order valence-electron chi connectivity index (χ3n) is 5.88. The molecule has 1 saturated heterocycles. The second-order valence-electron chi connectivity index (χ2n) is 7.64. The number of hydrogen-bond donors (Lipinski definition) is 4. The van der Waals surface area contributed by atoms with E-state index in [1.54, 1.807) is 11.2 Å². The van der Waals surface area contributed by atoms with E-state index in [-0.39, 0.29) is 6.09 Å². The van der Waals surface area contributed by atoms with Gasteiger partial charge in [-0.15, -0.1) is 0 Å². The first-order valence-corrected chi connectivity index (χ1v) is 10.4. The Kier molecular flexibility index (Phi) is 7.34. The number of imidazole rings is 1. The number of hydrogen-bond acceptors (Lipinski definition) is 8. The minimum absolute atomic E-state index is 0.218. The average Bonchev–Trinajstić information content (AvgIpc) is 3.24. The summed E-state index contributed by atoms with van der Waals surface area (Å²) in [5.41, 5.74) is 8.78. The normalized spacial score (nSPS) is 22.8. The first-order valence-electron chi connectivity index (χ1n) is 10.4. The Morgan fingerprint density at radius 2 is 1.83 bits per heavy atom. The van der Waals surface area contributed by atoms with Crippen LogP contribution in [-0.2, 0) is 4.74 Å². The van der Waals surface area contributed by atoms with Crippen molar-refractivity contribution in [2.45, 2.75) is 63.3 Å². The molecule has 0 radical (unpaired) electrons. The standard InChI is InChI=1S/C19H28N6O2.H4N2/c1-2-27-19(26)25-9-7-12(8-10-25)15-16-18(22-11-21-16)24-17(23-15)13-3-5-14(20)6-4-13;1-2/h11-14H,2-10,20H2,1H3,(H,21,22,23,24);1-2H2. The molecule has 0 spiro atoms. The number of nitrogens with zero attached hydrogens (tertiary/aromatic N) is 4. The van der Waals surface area contributed by atoms with Crippen LogP contribution in [0.4, 0.5) is 4.79 Å². The lowest BCUT2D eigenvalue weighted by Crippen LogP contribution is -2.38. The molecule has 2 aromatic heterocycles. The van der Waals surface area contributed by atoms with E-state index in [1.165, 1.54) is 0 Å². The Labute approximate surface area is 170 Å². The second-order valence-corrected chi connectivity index (χ2v) is 7.64. The number of piperidine rings is 1. The van der Waals surface area contributed by atoms with Crippen LogP contribution in [0.3, 0.4) is 0 Å². The molecule has 0 bridgehead atoms. The molecule has 2 aliphatic rings. The van der Waals surface area contributed by atoms with Gasteiger partial charge in [0.05, 0.1) is 18.6 Å². The Balaban J connectivity index is 0.00000117. The summed E-state index contributed by atoms with van der Waals surface area (Å²) in [6.45, 7) is 3.63. The van der Waals surface area contributed by atoms with Gasteiger partial charge in [0, 0.05) is 31.0 Å². The molecule has 0 aromatic carbocycles. The van der Waals surface area contributed by atoms with Gasteiger partial charge in [-0.25, -0.2) is 19.7 Å². The Bertz CT molecular complexity index is 795. The van der Waals surface area contributed by atoms with Crippen LogP contribution in [0.15, 0.2) is 6.33 Å². The Hall–Kier alpha value is -2.30. The molecule has 1 saturated carbocycles. The summed E-state index contributed by atoms with van der Waals surface area (Å²) < 4.78 is 5.12. The third kappa shape index (κ3) is 4.82. The number of rotatable bonds is 3. The quantitative estimate of drug-likeness (QED) is 0.442. The second kappa shape index (κ2) is 9.95. The third-order valence-corrected chi connectivity index (χ3v) is 5.88. The van der Waals surface area contributed by atoms with E-state index in [2.05, 4.69) is 21.7 Å². The van der Waals surface area contributed by atoms with Crippen LogP contribution in [0, 0.1) is 0 Å². The maximum absolute atomic E-state index is 12.0. The number of nitrogens with one attached hydrogen (secondary N) is 1. The number of nitrogens with two attached hydrogens (primary N) is 3. The van der Waals surface area contributed by atoms with E-state index in [4.69, 9.17) is 20.4 Å². The van der Waals surface area contributed by atoms with Gasteiger partial charge < -0.3 is 20.4 Å². The van der Waals surface area contributed by atoms with E-state index in [0.717, 1.165) is 61.2 Å². The van der Waals surface area contributed by atoms with Gasteiger partial charge in [-0.3, -0.25) is 11.7 Å². The molecule has 2 fully saturated rings. The highest BCUT2D eigenvalue weighted by atomic mass is 16.6. The van der Waals surface area contributed by atoms with Crippen molar-refractivity contribution in [1.82, 2.24) is 24.8 Å². The first-order chi connectivity index (χ1) is 14.2. The lowest BCUT2D eigenvalue weighted by molar-refractivity contribution is 0.0969. The maximum Gasteiger partial charge on any atom is 0.409 e. The molecule has 0 unspecified atom stereocenters. The molecular formula is C19H32N8O2. The van der Waals surface area contributed by atoms with Crippen LogP contribution < -0.4 is 17.4 Å². The number of amides is 1. The number of carbonyl (C=O) groups is 1. The average molecular weight is 405 g/mol. The van der Waals surface area contributed by atoms with Gasteiger partial charge in [0.1, 0.15) is 11.3 Å². The molecule has 1 aliphatic carbocycles. The summed E-state index contributed by atoms with van der Waals surface area (Å²) in [5, 5.41) is 0. The molecule has 7 N–H and O–H groups in total. The number of aromatic amines is 1. The monoisotopic (exact) mass is 404 g/mol. The van der Waals surface area contributed by atoms with Gasteiger partial charge >= 0.3 is 6.09 Å². The Morgan fingerprint density at radius 3 is 2.48 bits per heavy atom. The molecule has 3 heterocycles. The highest BCUT2D eigenvalue weighted by Crippen LogP contribution is 2.35. The minimum Gasteiger partial charge on any atom is -0.450 e. The topological polar surface area (TPSA) is 162 Å². The number of carbonyl (C=O) groups excluding carboxylic acids is 1. The SMILES string of the molecule is CCOC(=O)N1CCC(c2nc(C3CCC(N)CC3)nc3nc[nH]c23)CC1.NN. The minimum atomic E-state index is -0.218. The fourth-order valence-electron chi connectivity index (χ4n) is 4.28. The maximum atomic E-state index is 12.0. The fourth-order valence-corrected chi connectivity index (χ4v) is 4.28. The predicted octanol–water partition coefficient (Wildman–Crippen LogP) is 1.49. The summed E-state index contributed by atoms with van der Waals surface area (Å²) in [4.78, 5) is 31.1. The van der Waals surface area contributed by atoms with Gasteiger partial charge in [0.2, 0.25) is 0 Å². The van der Waals surface area contributed by atoms with Crippen molar-refractivity contribution in [3.05, 3.63) is 17.8 Å². The molecule has 1 amide bonds. The number of hydrazine groups is 1. The molecule has 1 aliphatic heterocycles. The summed E-state index contributed by atoms with van der Waals surface area (Å²) in [6.07, 6.45) is 7.36. The van der Waals surface area contributed by atoms with Crippen molar-refractivity contribution in [1.29, 1.82) is 0 Å². The van der Waals surface area contributed by atoms with E-state index >= 15 is 0 Å². The number of aromatic nitrogens is 4. The van der Waals surface area contributed by atoms with Crippen LogP contribution in [0.25, 0.3) is 11.2 Å². The highest BCUT2D eigenvalue weighted by Gasteiger charge is 2.29. The van der Waals surface area contributed by atoms with Crippen LogP contribution in [0.2, 0.25) is 0 Å². The fraction of sp³-hybridized carbons (Fsp3) is 0.684. The van der Waals surface area contributed by atoms with Crippen LogP contribution in [0.1, 0.15) is 68.8 Å². The van der Waals surface area contributed by atoms with Crippen LogP contribution in [-0.4, -0.2) is 56.7 Å². The summed E-state index contributed by atoms with van der Waals surface area (Å²) >= 11 is 0. The molecule has 10 nitrogen and oxygen atoms in total. The zero-order valence-electron chi connectivity index (χ0n) is 17.0. The lowest BCUT2D eigenvalue weighted by atomic mass is 9.85. The van der Waals surface area contributed by atoms with Gasteiger partial charge in [-0.2, -0.15) is 0 Å². The largest absolute Gasteiger partial charge is 0.450 e. The zero-order valence-corrected chi connectivity index (χ0v) is 17.0. The van der Waals surface area contributed by atoms with Crippen molar-refractivity contribution in [2.75, 3.05) is 19.7 Å². The molecule has 29 heavy (non-hydrogen) atoms. The Morgan fingerprint density at radius 1 is 1.14 bits per heavy atom. The molecule has 160 valence electrons.